The van der Waals surface area contributed by atoms with Crippen molar-refractivity contribution in [3.05, 3.63) is 0 Å². The van der Waals surface area contributed by atoms with Crippen LogP contribution in [0, 0.1) is 11.3 Å². The van der Waals surface area contributed by atoms with Gasteiger partial charge in [-0.1, -0.05) is 39.6 Å². The number of rotatable bonds is 7. The van der Waals surface area contributed by atoms with E-state index >= 15 is 0 Å². The molecule has 0 amide bonds. The lowest BCUT2D eigenvalue weighted by Gasteiger charge is -2.61. The number of likely N-dealkylation sites (tertiary alicyclic amines) is 2. The molecule has 3 aliphatic rings. The fourth-order valence-corrected chi connectivity index (χ4v) is 4.85. The van der Waals surface area contributed by atoms with Gasteiger partial charge in [0.05, 0.1) is 6.61 Å². The summed E-state index contributed by atoms with van der Waals surface area (Å²) in [6, 6.07) is 0. The fraction of sp³-hybridized carbons (Fsp3) is 1.00. The Morgan fingerprint density at radius 1 is 0.960 bits per heavy atom. The molecule has 3 rings (SSSR count). The highest BCUT2D eigenvalue weighted by Crippen LogP contribution is 2.40. The van der Waals surface area contributed by atoms with E-state index in [1.54, 1.807) is 0 Å². The Balaban J connectivity index is 0.000000730. The minimum absolute atomic E-state index is 0.659. The van der Waals surface area contributed by atoms with Gasteiger partial charge in [0.1, 0.15) is 0 Å². The molecule has 150 valence electrons. The Bertz CT molecular complexity index is 321. The maximum absolute atomic E-state index is 5.44. The normalized spacial score (nSPS) is 23.8. The van der Waals surface area contributed by atoms with Crippen LogP contribution in [0.15, 0.2) is 0 Å². The van der Waals surface area contributed by atoms with E-state index in [9.17, 15) is 0 Å². The van der Waals surface area contributed by atoms with Crippen molar-refractivity contribution in [1.29, 1.82) is 0 Å². The zero-order valence-corrected chi connectivity index (χ0v) is 18.5. The van der Waals surface area contributed by atoms with E-state index in [1.165, 1.54) is 58.7 Å². The molecule has 5 heteroatoms. The van der Waals surface area contributed by atoms with E-state index in [-0.39, 0.29) is 0 Å². The summed E-state index contributed by atoms with van der Waals surface area (Å²) < 4.78 is 7.95. The minimum atomic E-state index is 0.659. The van der Waals surface area contributed by atoms with Gasteiger partial charge < -0.3 is 9.64 Å². The van der Waals surface area contributed by atoms with Crippen molar-refractivity contribution in [2.24, 2.45) is 11.3 Å². The van der Waals surface area contributed by atoms with Gasteiger partial charge in [0, 0.05) is 64.4 Å². The van der Waals surface area contributed by atoms with Crippen molar-refractivity contribution in [3.8, 4) is 0 Å². The van der Waals surface area contributed by atoms with Crippen LogP contribution in [0.1, 0.15) is 47.5 Å². The molecule has 0 atom stereocenters. The Morgan fingerprint density at radius 2 is 1.52 bits per heavy atom. The van der Waals surface area contributed by atoms with Crippen LogP contribution in [0.2, 0.25) is 0 Å². The van der Waals surface area contributed by atoms with E-state index in [2.05, 4.69) is 27.3 Å². The van der Waals surface area contributed by atoms with Gasteiger partial charge in [0.2, 0.25) is 0 Å². The summed E-state index contributed by atoms with van der Waals surface area (Å²) in [6.07, 6.45) is 4.99. The zero-order chi connectivity index (χ0) is 18.7. The number of hydrogen-bond donors (Lipinski definition) is 0. The highest BCUT2D eigenvalue weighted by Gasteiger charge is 2.51. The lowest BCUT2D eigenvalue weighted by molar-refractivity contribution is -0.124. The molecule has 0 aromatic carbocycles. The lowest BCUT2D eigenvalue weighted by atomic mass is 9.72. The molecule has 0 aliphatic carbocycles. The molecule has 0 unspecified atom stereocenters. The Kier molecular flexibility index (Phi) is 11.7. The van der Waals surface area contributed by atoms with Gasteiger partial charge >= 0.3 is 0 Å². The number of nitrogens with zero attached hydrogens (tertiary/aromatic N) is 3. The third kappa shape index (κ3) is 7.02. The quantitative estimate of drug-likeness (QED) is 0.499. The predicted octanol–water partition coefficient (Wildman–Crippen LogP) is 3.68. The van der Waals surface area contributed by atoms with Crippen LogP contribution in [0.3, 0.4) is 0 Å². The highest BCUT2D eigenvalue weighted by molar-refractivity contribution is 7.96. The van der Waals surface area contributed by atoms with E-state index in [1.807, 2.05) is 39.6 Å². The second kappa shape index (κ2) is 12.6. The van der Waals surface area contributed by atoms with Crippen molar-refractivity contribution >= 4 is 11.9 Å². The van der Waals surface area contributed by atoms with Gasteiger partial charge in [-0.15, -0.1) is 0 Å². The maximum Gasteiger partial charge on any atom is 0.0593 e. The van der Waals surface area contributed by atoms with E-state index in [0.29, 0.717) is 5.41 Å². The predicted molar refractivity (Wildman–Crippen MR) is 112 cm³/mol. The Hall–Kier alpha value is 0.190. The smallest absolute Gasteiger partial charge is 0.0593 e. The summed E-state index contributed by atoms with van der Waals surface area (Å²) >= 11 is 1.91. The second-order valence-corrected chi connectivity index (χ2v) is 8.01. The largest absolute Gasteiger partial charge is 0.380 e. The number of piperidine rings is 1. The average molecular weight is 374 g/mol. The molecule has 0 aromatic heterocycles. The van der Waals surface area contributed by atoms with Gasteiger partial charge in [0.15, 0.2) is 0 Å². The Morgan fingerprint density at radius 3 is 2.04 bits per heavy atom. The molecule has 1 spiro atoms. The first-order chi connectivity index (χ1) is 12.2. The molecule has 0 saturated carbocycles. The molecular weight excluding hydrogens is 330 g/mol. The molecule has 3 fully saturated rings. The molecular formula is C20H43N3OS. The van der Waals surface area contributed by atoms with Crippen molar-refractivity contribution in [3.63, 3.8) is 0 Å². The first-order valence-corrected chi connectivity index (χ1v) is 11.7. The number of ether oxygens (including phenoxy) is 1. The number of hydrogen-bond acceptors (Lipinski definition) is 5. The van der Waals surface area contributed by atoms with E-state index < -0.39 is 0 Å². The molecule has 0 N–H and O–H groups in total. The third-order valence-electron chi connectivity index (χ3n) is 5.34. The van der Waals surface area contributed by atoms with Crippen LogP contribution in [0.25, 0.3) is 0 Å². The summed E-state index contributed by atoms with van der Waals surface area (Å²) in [5, 5.41) is 0. The Labute approximate surface area is 161 Å². The van der Waals surface area contributed by atoms with Crippen molar-refractivity contribution in [1.82, 2.24) is 14.1 Å². The van der Waals surface area contributed by atoms with Crippen LogP contribution >= 0.6 is 11.9 Å². The summed E-state index contributed by atoms with van der Waals surface area (Å²) in [6.45, 7) is 22.2. The summed E-state index contributed by atoms with van der Waals surface area (Å²) in [5.41, 5.74) is 0.659. The van der Waals surface area contributed by atoms with Gasteiger partial charge in [-0.25, -0.2) is 0 Å². The minimum Gasteiger partial charge on any atom is -0.380 e. The maximum atomic E-state index is 5.44. The van der Waals surface area contributed by atoms with Crippen LogP contribution < -0.4 is 0 Å². The van der Waals surface area contributed by atoms with Crippen molar-refractivity contribution in [2.75, 3.05) is 71.8 Å². The monoisotopic (exact) mass is 373 g/mol. The van der Waals surface area contributed by atoms with Crippen LogP contribution in [-0.2, 0) is 4.74 Å². The first kappa shape index (κ1) is 23.2. The molecule has 0 bridgehead atoms. The first-order valence-electron chi connectivity index (χ1n) is 10.5. The molecule has 0 radical (unpaired) electrons. The van der Waals surface area contributed by atoms with Crippen LogP contribution in [0.5, 0.6) is 0 Å². The van der Waals surface area contributed by atoms with E-state index in [0.717, 1.165) is 25.7 Å². The highest BCUT2D eigenvalue weighted by atomic mass is 32.2. The van der Waals surface area contributed by atoms with Crippen LogP contribution in [0.4, 0.5) is 0 Å². The van der Waals surface area contributed by atoms with Gasteiger partial charge in [-0.05, 0) is 31.9 Å². The van der Waals surface area contributed by atoms with E-state index in [4.69, 9.17) is 4.74 Å². The molecule has 3 saturated heterocycles. The summed E-state index contributed by atoms with van der Waals surface area (Å²) in [7, 11) is 0. The summed E-state index contributed by atoms with van der Waals surface area (Å²) in [4.78, 5) is 5.27. The van der Waals surface area contributed by atoms with Crippen molar-refractivity contribution < 1.29 is 4.74 Å². The lowest BCUT2D eigenvalue weighted by Crippen LogP contribution is -2.72. The second-order valence-electron chi connectivity index (χ2n) is 7.13. The molecule has 25 heavy (non-hydrogen) atoms. The summed E-state index contributed by atoms with van der Waals surface area (Å²) in [5.74, 6) is 0.944. The topological polar surface area (TPSA) is 19.0 Å². The van der Waals surface area contributed by atoms with Gasteiger partial charge in [-0.2, -0.15) is 0 Å². The molecule has 3 heterocycles. The van der Waals surface area contributed by atoms with Crippen molar-refractivity contribution in [2.45, 2.75) is 47.5 Å². The zero-order valence-electron chi connectivity index (χ0n) is 17.7. The third-order valence-corrected chi connectivity index (χ3v) is 6.22. The standard InChI is InChI=1S/C16H31N3OS.2C2H6/c1-3-20-9-8-17-11-16(12-17)13-18(14-16)10-15-4-6-19(21-2)7-5-15;2*1-2/h15H,3-14H2,1-2H3;2*1-2H3. The fourth-order valence-electron chi connectivity index (χ4n) is 4.27. The average Bonchev–Trinajstić information content (AvgIpc) is 2.62. The molecule has 0 aromatic rings. The van der Waals surface area contributed by atoms with Gasteiger partial charge in [-0.3, -0.25) is 9.21 Å². The molecule has 3 aliphatic heterocycles. The van der Waals surface area contributed by atoms with Crippen LogP contribution in [-0.4, -0.2) is 85.9 Å². The van der Waals surface area contributed by atoms with Gasteiger partial charge in [0.25, 0.3) is 0 Å². The SMILES string of the molecule is CC.CC.CCOCCN1CC2(C1)CN(CC1CCN(SC)CC1)C2. The molecule has 4 nitrogen and oxygen atoms in total.